The fourth-order valence-corrected chi connectivity index (χ4v) is 10.8. The monoisotopic (exact) mass is 725 g/mol. The molecule has 3 aliphatic rings. The third-order valence-corrected chi connectivity index (χ3v) is 13.3. The molecular weight excluding hydrogens is 687 g/mol. The first-order chi connectivity index (χ1) is 28.0. The second-order valence-electron chi connectivity index (χ2n) is 16.4. The standard InChI is InChI=1S/C56H39N/c1-55(2)47-24-12-8-20-41(47)45-31-29-39(35-52(45)55)57(53-33-28-36-16-6-7-19-40(36)54(53)37-17-4-3-5-18-37)38-30-32-51-46(34-38)44-23-11-15-27-50(44)56(51)48-25-13-9-21-42(48)43-22-10-14-26-49(43)56/h3-35H,1-2H3. The van der Waals surface area contributed by atoms with Crippen LogP contribution >= 0.6 is 0 Å². The molecule has 268 valence electrons. The van der Waals surface area contributed by atoms with Crippen molar-refractivity contribution in [2.75, 3.05) is 4.90 Å². The normalized spacial score (nSPS) is 14.4. The Morgan fingerprint density at radius 1 is 0.351 bits per heavy atom. The fourth-order valence-electron chi connectivity index (χ4n) is 10.8. The third kappa shape index (κ3) is 4.29. The first-order valence-electron chi connectivity index (χ1n) is 20.1. The van der Waals surface area contributed by atoms with Gasteiger partial charge >= 0.3 is 0 Å². The maximum Gasteiger partial charge on any atom is 0.0725 e. The van der Waals surface area contributed by atoms with Gasteiger partial charge in [-0.3, -0.25) is 0 Å². The van der Waals surface area contributed by atoms with Crippen LogP contribution in [-0.2, 0) is 10.8 Å². The molecule has 0 aliphatic heterocycles. The second-order valence-corrected chi connectivity index (χ2v) is 16.4. The van der Waals surface area contributed by atoms with Crippen LogP contribution < -0.4 is 4.90 Å². The number of benzene rings is 9. The number of rotatable bonds is 4. The van der Waals surface area contributed by atoms with Gasteiger partial charge in [-0.2, -0.15) is 0 Å². The van der Waals surface area contributed by atoms with Gasteiger partial charge in [-0.1, -0.05) is 184 Å². The summed E-state index contributed by atoms with van der Waals surface area (Å²) in [6.07, 6.45) is 0. The molecule has 0 fully saturated rings. The van der Waals surface area contributed by atoms with Crippen molar-refractivity contribution in [3.63, 3.8) is 0 Å². The molecule has 0 radical (unpaired) electrons. The lowest BCUT2D eigenvalue weighted by molar-refractivity contribution is 0.660. The van der Waals surface area contributed by atoms with Crippen molar-refractivity contribution in [1.29, 1.82) is 0 Å². The van der Waals surface area contributed by atoms with Crippen molar-refractivity contribution in [3.05, 3.63) is 234 Å². The average molecular weight is 726 g/mol. The van der Waals surface area contributed by atoms with Crippen molar-refractivity contribution in [2.24, 2.45) is 0 Å². The van der Waals surface area contributed by atoms with E-state index < -0.39 is 0 Å². The molecule has 3 aliphatic carbocycles. The predicted octanol–water partition coefficient (Wildman–Crippen LogP) is 14.6. The van der Waals surface area contributed by atoms with Gasteiger partial charge in [-0.25, -0.2) is 0 Å². The van der Waals surface area contributed by atoms with Crippen LogP contribution in [0.2, 0.25) is 0 Å². The Hall–Kier alpha value is -6.96. The van der Waals surface area contributed by atoms with Crippen molar-refractivity contribution < 1.29 is 0 Å². The maximum absolute atomic E-state index is 2.53. The lowest BCUT2D eigenvalue weighted by Crippen LogP contribution is -2.25. The van der Waals surface area contributed by atoms with Crippen LogP contribution in [0.1, 0.15) is 47.2 Å². The summed E-state index contributed by atoms with van der Waals surface area (Å²) in [5.74, 6) is 0. The molecule has 1 spiro atoms. The molecule has 1 heteroatoms. The molecule has 0 saturated heterocycles. The van der Waals surface area contributed by atoms with Crippen molar-refractivity contribution in [1.82, 2.24) is 0 Å². The summed E-state index contributed by atoms with van der Waals surface area (Å²) in [6.45, 7) is 4.75. The van der Waals surface area contributed by atoms with Crippen LogP contribution in [0.3, 0.4) is 0 Å². The number of hydrogen-bond acceptors (Lipinski definition) is 1. The largest absolute Gasteiger partial charge is 0.310 e. The number of anilines is 3. The van der Waals surface area contributed by atoms with Crippen LogP contribution in [0, 0.1) is 0 Å². The minimum absolute atomic E-state index is 0.133. The second kappa shape index (κ2) is 11.8. The molecule has 0 saturated carbocycles. The van der Waals surface area contributed by atoms with Crippen LogP contribution in [-0.4, -0.2) is 0 Å². The topological polar surface area (TPSA) is 3.24 Å². The summed E-state index contributed by atoms with van der Waals surface area (Å²) >= 11 is 0. The number of nitrogens with zero attached hydrogens (tertiary/aromatic N) is 1. The Bertz CT molecular complexity index is 3070. The lowest BCUT2D eigenvalue weighted by atomic mass is 9.70. The van der Waals surface area contributed by atoms with E-state index in [9.17, 15) is 0 Å². The highest BCUT2D eigenvalue weighted by Gasteiger charge is 2.51. The highest BCUT2D eigenvalue weighted by Crippen LogP contribution is 2.63. The zero-order valence-corrected chi connectivity index (χ0v) is 32.0. The van der Waals surface area contributed by atoms with Crippen molar-refractivity contribution >= 4 is 27.8 Å². The minimum Gasteiger partial charge on any atom is -0.310 e. The average Bonchev–Trinajstić information content (AvgIpc) is 3.82. The van der Waals surface area contributed by atoms with E-state index in [1.165, 1.54) is 88.7 Å². The highest BCUT2D eigenvalue weighted by atomic mass is 15.1. The van der Waals surface area contributed by atoms with E-state index in [1.807, 2.05) is 0 Å². The molecule has 12 rings (SSSR count). The molecule has 0 aromatic heterocycles. The maximum atomic E-state index is 2.53. The fraction of sp³-hybridized carbons (Fsp3) is 0.0714. The van der Waals surface area contributed by atoms with Crippen LogP contribution in [0.5, 0.6) is 0 Å². The van der Waals surface area contributed by atoms with Crippen molar-refractivity contribution in [3.8, 4) is 44.5 Å². The Morgan fingerprint density at radius 2 is 0.842 bits per heavy atom. The first kappa shape index (κ1) is 32.3. The van der Waals surface area contributed by atoms with Gasteiger partial charge in [0.25, 0.3) is 0 Å². The number of fused-ring (bicyclic) bond motifs is 14. The molecule has 9 aromatic rings. The zero-order valence-electron chi connectivity index (χ0n) is 32.0. The quantitative estimate of drug-likeness (QED) is 0.175. The summed E-state index contributed by atoms with van der Waals surface area (Å²) < 4.78 is 0. The van der Waals surface area contributed by atoms with E-state index in [1.54, 1.807) is 0 Å². The molecule has 0 amide bonds. The molecule has 0 bridgehead atoms. The molecule has 57 heavy (non-hydrogen) atoms. The molecule has 0 heterocycles. The minimum atomic E-state index is -0.385. The Balaban J connectivity index is 1.15. The summed E-state index contributed by atoms with van der Waals surface area (Å²) in [5, 5.41) is 2.47. The summed E-state index contributed by atoms with van der Waals surface area (Å²) in [6, 6.07) is 75.0. The van der Waals surface area contributed by atoms with Gasteiger partial charge in [0, 0.05) is 22.4 Å². The highest BCUT2D eigenvalue weighted by molar-refractivity contribution is 6.06. The molecule has 0 N–H and O–H groups in total. The van der Waals surface area contributed by atoms with Gasteiger partial charge in [0.2, 0.25) is 0 Å². The Kier molecular flexibility index (Phi) is 6.67. The van der Waals surface area contributed by atoms with E-state index in [-0.39, 0.29) is 10.8 Å². The SMILES string of the molecule is CC1(C)c2ccccc2-c2ccc(N(c3ccc4c(c3)-c3ccccc3C43c4ccccc4-c4ccccc43)c3ccc4ccccc4c3-c3ccccc3)cc21. The van der Waals surface area contributed by atoms with E-state index in [4.69, 9.17) is 0 Å². The van der Waals surface area contributed by atoms with Gasteiger partial charge in [0.05, 0.1) is 11.1 Å². The molecule has 9 aromatic carbocycles. The molecular formula is C56H39N. The summed E-state index contributed by atoms with van der Waals surface area (Å²) in [7, 11) is 0. The van der Waals surface area contributed by atoms with E-state index in [2.05, 4.69) is 219 Å². The smallest absolute Gasteiger partial charge is 0.0725 e. The molecule has 1 nitrogen and oxygen atoms in total. The van der Waals surface area contributed by atoms with E-state index in [0.717, 1.165) is 17.1 Å². The predicted molar refractivity (Wildman–Crippen MR) is 238 cm³/mol. The molecule has 0 unspecified atom stereocenters. The molecule has 0 atom stereocenters. The lowest BCUT2D eigenvalue weighted by Gasteiger charge is -2.32. The Morgan fingerprint density at radius 3 is 1.53 bits per heavy atom. The van der Waals surface area contributed by atoms with Gasteiger partial charge in [-0.15, -0.1) is 0 Å². The zero-order chi connectivity index (χ0) is 37.9. The van der Waals surface area contributed by atoms with Gasteiger partial charge in [0.1, 0.15) is 0 Å². The summed E-state index contributed by atoms with van der Waals surface area (Å²) in [5.41, 5.74) is 21.4. The van der Waals surface area contributed by atoms with Crippen LogP contribution in [0.4, 0.5) is 17.1 Å². The third-order valence-electron chi connectivity index (χ3n) is 13.3. The van der Waals surface area contributed by atoms with Gasteiger partial charge in [0.15, 0.2) is 0 Å². The number of hydrogen-bond donors (Lipinski definition) is 0. The van der Waals surface area contributed by atoms with E-state index >= 15 is 0 Å². The van der Waals surface area contributed by atoms with Crippen LogP contribution in [0.25, 0.3) is 55.3 Å². The van der Waals surface area contributed by atoms with E-state index in [0.29, 0.717) is 0 Å². The summed E-state index contributed by atoms with van der Waals surface area (Å²) in [4.78, 5) is 2.53. The first-order valence-corrected chi connectivity index (χ1v) is 20.1. The Labute approximate surface area is 334 Å². The van der Waals surface area contributed by atoms with Gasteiger partial charge in [-0.05, 0) is 113 Å². The van der Waals surface area contributed by atoms with Crippen LogP contribution in [0.15, 0.2) is 200 Å². The van der Waals surface area contributed by atoms with Gasteiger partial charge < -0.3 is 4.90 Å². The van der Waals surface area contributed by atoms with Crippen molar-refractivity contribution in [2.45, 2.75) is 24.7 Å².